The number of aryl methyl sites for hydroxylation is 2. The van der Waals surface area contributed by atoms with E-state index in [1.165, 1.54) is 16.5 Å². The average molecular weight is 320 g/mol. The number of benzene rings is 1. The first-order valence-corrected chi connectivity index (χ1v) is 7.91. The lowest BCUT2D eigenvalue weighted by Gasteiger charge is -2.09. The Morgan fingerprint density at radius 2 is 2.05 bits per heavy atom. The highest BCUT2D eigenvalue weighted by molar-refractivity contribution is 7.19. The van der Waals surface area contributed by atoms with E-state index in [2.05, 4.69) is 15.3 Å². The first-order valence-electron chi connectivity index (χ1n) is 6.72. The van der Waals surface area contributed by atoms with Gasteiger partial charge in [0, 0.05) is 4.88 Å². The fourth-order valence-electron chi connectivity index (χ4n) is 2.75. The molecule has 106 valence electrons. The number of hydrogen-bond donors (Lipinski definition) is 1. The van der Waals surface area contributed by atoms with Crippen molar-refractivity contribution in [2.45, 2.75) is 19.3 Å². The van der Waals surface area contributed by atoms with Gasteiger partial charge in [0.15, 0.2) is 0 Å². The molecule has 0 spiro atoms. The van der Waals surface area contributed by atoms with Crippen LogP contribution in [-0.4, -0.2) is 9.97 Å². The molecule has 0 unspecified atom stereocenters. The number of nitrogens with one attached hydrogen (secondary N) is 1. The summed E-state index contributed by atoms with van der Waals surface area (Å²) in [5.74, 6) is 0.279. The molecule has 1 aromatic carbocycles. The molecule has 2 heterocycles. The van der Waals surface area contributed by atoms with Crippen LogP contribution in [0.5, 0.6) is 0 Å². The Balaban J connectivity index is 1.90. The van der Waals surface area contributed by atoms with Gasteiger partial charge in [-0.3, -0.25) is 0 Å². The fraction of sp³-hybridized carbons (Fsp3) is 0.200. The second kappa shape index (κ2) is 4.93. The minimum Gasteiger partial charge on any atom is -0.337 e. The molecular formula is C15H11ClFN3S. The van der Waals surface area contributed by atoms with Crippen LogP contribution in [0, 0.1) is 5.82 Å². The van der Waals surface area contributed by atoms with E-state index in [0.717, 1.165) is 29.5 Å². The van der Waals surface area contributed by atoms with E-state index in [4.69, 9.17) is 11.6 Å². The van der Waals surface area contributed by atoms with Crippen molar-refractivity contribution in [2.24, 2.45) is 0 Å². The number of rotatable bonds is 2. The minimum absolute atomic E-state index is 0.182. The van der Waals surface area contributed by atoms with E-state index in [1.54, 1.807) is 29.5 Å². The highest BCUT2D eigenvalue weighted by Gasteiger charge is 2.22. The zero-order chi connectivity index (χ0) is 14.4. The van der Waals surface area contributed by atoms with Crippen molar-refractivity contribution in [1.82, 2.24) is 9.97 Å². The number of fused-ring (bicyclic) bond motifs is 3. The Labute approximate surface area is 129 Å². The maximum Gasteiger partial charge on any atom is 0.225 e. The van der Waals surface area contributed by atoms with Gasteiger partial charge in [0.05, 0.1) is 11.1 Å². The first-order chi connectivity index (χ1) is 10.2. The van der Waals surface area contributed by atoms with Crippen molar-refractivity contribution in [3.63, 3.8) is 0 Å². The summed E-state index contributed by atoms with van der Waals surface area (Å²) in [6.07, 6.45) is 3.25. The molecule has 2 aromatic heterocycles. The first kappa shape index (κ1) is 13.0. The van der Waals surface area contributed by atoms with Crippen LogP contribution in [0.15, 0.2) is 24.3 Å². The van der Waals surface area contributed by atoms with Crippen LogP contribution >= 0.6 is 22.9 Å². The van der Waals surface area contributed by atoms with E-state index in [0.29, 0.717) is 11.5 Å². The minimum atomic E-state index is -0.313. The van der Waals surface area contributed by atoms with E-state index >= 15 is 0 Å². The normalized spacial score (nSPS) is 13.6. The third-order valence-corrected chi connectivity index (χ3v) is 5.02. The third-order valence-electron chi connectivity index (χ3n) is 3.66. The van der Waals surface area contributed by atoms with Crippen molar-refractivity contribution in [3.05, 3.63) is 45.8 Å². The summed E-state index contributed by atoms with van der Waals surface area (Å²) in [4.78, 5) is 10.8. The molecule has 0 saturated carbocycles. The molecule has 0 radical (unpaired) electrons. The number of halogens is 2. The second-order valence-electron chi connectivity index (χ2n) is 4.98. The summed E-state index contributed by atoms with van der Waals surface area (Å²) < 4.78 is 13.8. The lowest BCUT2D eigenvalue weighted by atomic mass is 10.2. The average Bonchev–Trinajstić information content (AvgIpc) is 3.01. The number of aromatic nitrogens is 2. The van der Waals surface area contributed by atoms with Crippen LogP contribution < -0.4 is 5.32 Å². The van der Waals surface area contributed by atoms with Crippen LogP contribution in [0.4, 0.5) is 15.9 Å². The molecule has 0 aliphatic heterocycles. The quantitative estimate of drug-likeness (QED) is 0.695. The third kappa shape index (κ3) is 2.17. The van der Waals surface area contributed by atoms with Crippen molar-refractivity contribution in [2.75, 3.05) is 5.32 Å². The second-order valence-corrected chi connectivity index (χ2v) is 6.41. The SMILES string of the molecule is Fc1ccccc1Nc1nc(Cl)nc2sc3c(c12)CCC3. The zero-order valence-electron chi connectivity index (χ0n) is 11.0. The van der Waals surface area contributed by atoms with Gasteiger partial charge in [0.2, 0.25) is 5.28 Å². The zero-order valence-corrected chi connectivity index (χ0v) is 12.6. The Bertz CT molecular complexity index is 846. The molecule has 0 amide bonds. The molecule has 4 rings (SSSR count). The van der Waals surface area contributed by atoms with Gasteiger partial charge < -0.3 is 5.32 Å². The smallest absolute Gasteiger partial charge is 0.225 e. The van der Waals surface area contributed by atoms with Crippen molar-refractivity contribution in [3.8, 4) is 0 Å². The van der Waals surface area contributed by atoms with Gasteiger partial charge in [-0.2, -0.15) is 4.98 Å². The maximum atomic E-state index is 13.8. The molecule has 0 atom stereocenters. The number of para-hydroxylation sites is 1. The lowest BCUT2D eigenvalue weighted by Crippen LogP contribution is -1.99. The van der Waals surface area contributed by atoms with Crippen LogP contribution in [0.2, 0.25) is 5.28 Å². The van der Waals surface area contributed by atoms with Gasteiger partial charge in [-0.05, 0) is 48.6 Å². The molecule has 21 heavy (non-hydrogen) atoms. The van der Waals surface area contributed by atoms with Gasteiger partial charge >= 0.3 is 0 Å². The van der Waals surface area contributed by atoms with E-state index in [-0.39, 0.29) is 11.1 Å². The van der Waals surface area contributed by atoms with Crippen LogP contribution in [-0.2, 0) is 12.8 Å². The molecular weight excluding hydrogens is 309 g/mol. The monoisotopic (exact) mass is 319 g/mol. The molecule has 3 aromatic rings. The largest absolute Gasteiger partial charge is 0.337 e. The van der Waals surface area contributed by atoms with E-state index in [1.807, 2.05) is 0 Å². The number of thiophene rings is 1. The van der Waals surface area contributed by atoms with Gasteiger partial charge in [0.1, 0.15) is 16.5 Å². The predicted octanol–water partition coefficient (Wildman–Crippen LogP) is 4.72. The summed E-state index contributed by atoms with van der Waals surface area (Å²) in [6.45, 7) is 0. The maximum absolute atomic E-state index is 13.8. The molecule has 1 aliphatic rings. The molecule has 1 N–H and O–H groups in total. The fourth-order valence-corrected chi connectivity index (χ4v) is 4.23. The van der Waals surface area contributed by atoms with Gasteiger partial charge in [-0.25, -0.2) is 9.37 Å². The van der Waals surface area contributed by atoms with Crippen LogP contribution in [0.3, 0.4) is 0 Å². The summed E-state index contributed by atoms with van der Waals surface area (Å²) in [5, 5.41) is 4.24. The summed E-state index contributed by atoms with van der Waals surface area (Å²) in [7, 11) is 0. The van der Waals surface area contributed by atoms with Crippen molar-refractivity contribution in [1.29, 1.82) is 0 Å². The molecule has 6 heteroatoms. The van der Waals surface area contributed by atoms with Crippen molar-refractivity contribution < 1.29 is 4.39 Å². The van der Waals surface area contributed by atoms with Crippen LogP contribution in [0.25, 0.3) is 10.2 Å². The topological polar surface area (TPSA) is 37.8 Å². The van der Waals surface area contributed by atoms with Crippen molar-refractivity contribution >= 4 is 44.7 Å². The molecule has 1 aliphatic carbocycles. The van der Waals surface area contributed by atoms with Crippen LogP contribution in [0.1, 0.15) is 16.9 Å². The highest BCUT2D eigenvalue weighted by atomic mass is 35.5. The highest BCUT2D eigenvalue weighted by Crippen LogP contribution is 2.40. The summed E-state index contributed by atoms with van der Waals surface area (Å²) in [6, 6.07) is 6.54. The lowest BCUT2D eigenvalue weighted by molar-refractivity contribution is 0.632. The van der Waals surface area contributed by atoms with Gasteiger partial charge in [-0.1, -0.05) is 12.1 Å². The standard InChI is InChI=1S/C15H11ClFN3S/c16-15-19-13(18-10-6-2-1-5-9(10)17)12-8-4-3-7-11(8)21-14(12)20-15/h1-2,5-6H,3-4,7H2,(H,18,19,20). The summed E-state index contributed by atoms with van der Waals surface area (Å²) >= 11 is 7.66. The van der Waals surface area contributed by atoms with E-state index in [9.17, 15) is 4.39 Å². The molecule has 0 bridgehead atoms. The number of anilines is 2. The van der Waals surface area contributed by atoms with Gasteiger partial charge in [0.25, 0.3) is 0 Å². The summed E-state index contributed by atoms with van der Waals surface area (Å²) in [5.41, 5.74) is 1.68. The molecule has 3 nitrogen and oxygen atoms in total. The Morgan fingerprint density at radius 1 is 1.19 bits per heavy atom. The van der Waals surface area contributed by atoms with E-state index < -0.39 is 0 Å². The molecule has 0 fully saturated rings. The Morgan fingerprint density at radius 3 is 2.90 bits per heavy atom. The number of hydrogen-bond acceptors (Lipinski definition) is 4. The molecule has 0 saturated heterocycles. The van der Waals surface area contributed by atoms with Gasteiger partial charge in [-0.15, -0.1) is 11.3 Å². The Hall–Kier alpha value is -1.72. The predicted molar refractivity (Wildman–Crippen MR) is 84.1 cm³/mol. The Kier molecular flexibility index (Phi) is 3.05. The number of nitrogens with zero attached hydrogens (tertiary/aromatic N) is 2.